The summed E-state index contributed by atoms with van der Waals surface area (Å²) in [6, 6.07) is 10.7. The minimum Gasteiger partial charge on any atom is -0.378 e. The molecule has 7 nitrogen and oxygen atoms in total. The van der Waals surface area contributed by atoms with Crippen molar-refractivity contribution < 1.29 is 9.53 Å². The van der Waals surface area contributed by atoms with Gasteiger partial charge in [0.05, 0.1) is 6.10 Å². The van der Waals surface area contributed by atoms with Gasteiger partial charge in [-0.05, 0) is 52.5 Å². The maximum atomic E-state index is 11.9. The minimum atomic E-state index is -0.243. The Bertz CT molecular complexity index is 671. The van der Waals surface area contributed by atoms with Crippen LogP contribution in [0.5, 0.6) is 0 Å². The molecule has 0 aliphatic carbocycles. The number of nitrogens with zero attached hydrogens (tertiary/aromatic N) is 2. The molecule has 32 heavy (non-hydrogen) atoms. The van der Waals surface area contributed by atoms with E-state index in [0.717, 1.165) is 58.6 Å². The number of nitrogens with one attached hydrogen (secondary N) is 3. The van der Waals surface area contributed by atoms with E-state index in [0.29, 0.717) is 12.1 Å². The maximum absolute atomic E-state index is 11.9. The molecule has 1 aliphatic heterocycles. The third-order valence-corrected chi connectivity index (χ3v) is 4.99. The largest absolute Gasteiger partial charge is 0.378 e. The van der Waals surface area contributed by atoms with Crippen molar-refractivity contribution in [2.45, 2.75) is 65.1 Å². The molecule has 0 saturated carbocycles. The van der Waals surface area contributed by atoms with Gasteiger partial charge in [0.25, 0.3) is 0 Å². The fraction of sp³-hybridized carbons (Fsp3) is 0.667. The molecule has 1 aliphatic rings. The van der Waals surface area contributed by atoms with Crippen LogP contribution in [0.2, 0.25) is 0 Å². The van der Waals surface area contributed by atoms with E-state index < -0.39 is 0 Å². The van der Waals surface area contributed by atoms with Crippen LogP contribution < -0.4 is 16.0 Å². The van der Waals surface area contributed by atoms with Gasteiger partial charge in [-0.15, -0.1) is 24.0 Å². The molecule has 1 aromatic rings. The Hall–Kier alpha value is -1.39. The molecule has 1 saturated heterocycles. The van der Waals surface area contributed by atoms with Gasteiger partial charge in [-0.1, -0.05) is 30.3 Å². The maximum Gasteiger partial charge on any atom is 0.242 e. The molecule has 1 aromatic carbocycles. The van der Waals surface area contributed by atoms with Crippen LogP contribution in [-0.2, 0) is 16.1 Å². The quantitative estimate of drug-likeness (QED) is 0.178. The molecule has 3 N–H and O–H groups in total. The lowest BCUT2D eigenvalue weighted by Gasteiger charge is -2.32. The van der Waals surface area contributed by atoms with Gasteiger partial charge >= 0.3 is 0 Å². The highest BCUT2D eigenvalue weighted by molar-refractivity contribution is 14.0. The lowest BCUT2D eigenvalue weighted by atomic mass is 10.1. The molecule has 2 rings (SSSR count). The predicted molar refractivity (Wildman–Crippen MR) is 143 cm³/mol. The van der Waals surface area contributed by atoms with Crippen molar-refractivity contribution in [3.05, 3.63) is 35.9 Å². The second-order valence-electron chi connectivity index (χ2n) is 9.11. The first-order valence-electron chi connectivity index (χ1n) is 11.6. The van der Waals surface area contributed by atoms with Crippen LogP contribution >= 0.6 is 24.0 Å². The normalized spacial score (nSPS) is 15.7. The number of hydrogen-bond acceptors (Lipinski definition) is 4. The summed E-state index contributed by atoms with van der Waals surface area (Å²) >= 11 is 0. The Morgan fingerprint density at radius 1 is 1.16 bits per heavy atom. The highest BCUT2D eigenvalue weighted by atomic mass is 127. The van der Waals surface area contributed by atoms with Gasteiger partial charge in [-0.2, -0.15) is 0 Å². The molecule has 0 bridgehead atoms. The predicted octanol–water partition coefficient (Wildman–Crippen LogP) is 3.15. The number of piperidine rings is 1. The van der Waals surface area contributed by atoms with E-state index in [2.05, 4.69) is 56.2 Å². The summed E-state index contributed by atoms with van der Waals surface area (Å²) < 4.78 is 6.09. The SMILES string of the molecule is CCNC(=NCC(=O)NC(C)(C)C)NCCCOC1CCN(Cc2ccccc2)CC1.I. The van der Waals surface area contributed by atoms with Crippen molar-refractivity contribution in [3.63, 3.8) is 0 Å². The van der Waals surface area contributed by atoms with E-state index in [1.165, 1.54) is 5.56 Å². The summed E-state index contributed by atoms with van der Waals surface area (Å²) in [6.07, 6.45) is 3.44. The average molecular weight is 560 g/mol. The molecule has 0 atom stereocenters. The number of guanidine groups is 1. The van der Waals surface area contributed by atoms with Crippen molar-refractivity contribution in [2.24, 2.45) is 4.99 Å². The highest BCUT2D eigenvalue weighted by Gasteiger charge is 2.19. The first-order chi connectivity index (χ1) is 14.9. The highest BCUT2D eigenvalue weighted by Crippen LogP contribution is 2.16. The zero-order valence-electron chi connectivity index (χ0n) is 20.2. The van der Waals surface area contributed by atoms with Crippen LogP contribution in [-0.4, -0.2) is 67.7 Å². The van der Waals surface area contributed by atoms with Crippen LogP contribution in [0.3, 0.4) is 0 Å². The number of ether oxygens (including phenoxy) is 1. The van der Waals surface area contributed by atoms with Gasteiger partial charge in [-0.25, -0.2) is 4.99 Å². The Morgan fingerprint density at radius 3 is 2.47 bits per heavy atom. The van der Waals surface area contributed by atoms with Gasteiger partial charge in [0.2, 0.25) is 5.91 Å². The molecular weight excluding hydrogens is 517 g/mol. The zero-order valence-corrected chi connectivity index (χ0v) is 22.5. The Balaban J connectivity index is 0.00000512. The molecule has 0 aromatic heterocycles. The topological polar surface area (TPSA) is 78.0 Å². The van der Waals surface area contributed by atoms with Gasteiger partial charge < -0.3 is 20.7 Å². The summed E-state index contributed by atoms with van der Waals surface area (Å²) in [5.74, 6) is 0.590. The van der Waals surface area contributed by atoms with Gasteiger partial charge in [0.1, 0.15) is 6.54 Å². The molecule has 1 amide bonds. The van der Waals surface area contributed by atoms with Crippen LogP contribution in [0.1, 0.15) is 52.5 Å². The third kappa shape index (κ3) is 12.6. The Morgan fingerprint density at radius 2 is 1.84 bits per heavy atom. The zero-order chi connectivity index (χ0) is 22.5. The van der Waals surface area contributed by atoms with E-state index in [4.69, 9.17) is 4.74 Å². The second kappa shape index (κ2) is 15.4. The molecule has 182 valence electrons. The first kappa shape index (κ1) is 28.6. The lowest BCUT2D eigenvalue weighted by molar-refractivity contribution is -0.121. The van der Waals surface area contributed by atoms with E-state index in [9.17, 15) is 4.79 Å². The fourth-order valence-corrected chi connectivity index (χ4v) is 3.56. The third-order valence-electron chi connectivity index (χ3n) is 4.99. The molecule has 0 unspecified atom stereocenters. The van der Waals surface area contributed by atoms with Crippen molar-refractivity contribution in [2.75, 3.05) is 39.3 Å². The number of carbonyl (C=O) groups excluding carboxylic acids is 1. The second-order valence-corrected chi connectivity index (χ2v) is 9.11. The summed E-state index contributed by atoms with van der Waals surface area (Å²) in [7, 11) is 0. The van der Waals surface area contributed by atoms with Crippen molar-refractivity contribution in [1.82, 2.24) is 20.9 Å². The number of amides is 1. The number of benzene rings is 1. The number of carbonyl (C=O) groups is 1. The Kier molecular flexibility index (Phi) is 13.8. The summed E-state index contributed by atoms with van der Waals surface area (Å²) in [5.41, 5.74) is 1.13. The number of aliphatic imine (C=N–C) groups is 1. The van der Waals surface area contributed by atoms with E-state index in [-0.39, 0.29) is 42.0 Å². The van der Waals surface area contributed by atoms with E-state index in [1.807, 2.05) is 27.7 Å². The van der Waals surface area contributed by atoms with E-state index >= 15 is 0 Å². The van der Waals surface area contributed by atoms with Gasteiger partial charge in [-0.3, -0.25) is 9.69 Å². The van der Waals surface area contributed by atoms with Crippen LogP contribution in [0.4, 0.5) is 0 Å². The molecule has 1 fully saturated rings. The first-order valence-corrected chi connectivity index (χ1v) is 11.6. The molecule has 0 radical (unpaired) electrons. The Labute approximate surface area is 211 Å². The number of rotatable bonds is 10. The van der Waals surface area contributed by atoms with Crippen LogP contribution in [0.15, 0.2) is 35.3 Å². The fourth-order valence-electron chi connectivity index (χ4n) is 3.56. The minimum absolute atomic E-state index is 0. The molecule has 0 spiro atoms. The van der Waals surface area contributed by atoms with Crippen molar-refractivity contribution in [3.8, 4) is 0 Å². The van der Waals surface area contributed by atoms with Gasteiger partial charge in [0, 0.05) is 44.9 Å². The summed E-state index contributed by atoms with van der Waals surface area (Å²) in [5, 5.41) is 9.38. The summed E-state index contributed by atoms with van der Waals surface area (Å²) in [4.78, 5) is 18.8. The van der Waals surface area contributed by atoms with Crippen LogP contribution in [0.25, 0.3) is 0 Å². The number of hydrogen-bond donors (Lipinski definition) is 3. The number of halogens is 1. The average Bonchev–Trinajstić information content (AvgIpc) is 2.72. The van der Waals surface area contributed by atoms with Gasteiger partial charge in [0.15, 0.2) is 5.96 Å². The molecule has 1 heterocycles. The summed E-state index contributed by atoms with van der Waals surface area (Å²) in [6.45, 7) is 13.5. The molecule has 8 heteroatoms. The lowest BCUT2D eigenvalue weighted by Crippen LogP contribution is -2.43. The van der Waals surface area contributed by atoms with Crippen molar-refractivity contribution >= 4 is 35.8 Å². The molecular formula is C24H42IN5O2. The van der Waals surface area contributed by atoms with Crippen LogP contribution in [0, 0.1) is 0 Å². The van der Waals surface area contributed by atoms with Crippen molar-refractivity contribution in [1.29, 1.82) is 0 Å². The smallest absolute Gasteiger partial charge is 0.242 e. The standard InChI is InChI=1S/C24H41N5O2.HI/c1-5-25-23(27-18-22(30)28-24(2,3)4)26-14-9-17-31-21-12-15-29(16-13-21)19-20-10-7-6-8-11-20;/h6-8,10-11,21H,5,9,12-19H2,1-4H3,(H,28,30)(H2,25,26,27);1H. The number of likely N-dealkylation sites (tertiary alicyclic amines) is 1. The van der Waals surface area contributed by atoms with E-state index in [1.54, 1.807) is 0 Å². The monoisotopic (exact) mass is 559 g/mol.